The molecule has 0 bridgehead atoms. The van der Waals surface area contributed by atoms with Crippen molar-refractivity contribution in [3.05, 3.63) is 41.5 Å². The van der Waals surface area contributed by atoms with Gasteiger partial charge in [0.25, 0.3) is 0 Å². The SMILES string of the molecule is C[C@H]1CN(CCOc2nc(Cc3ccc(F)cc3)no2)CCO1. The number of rotatable bonds is 6. The molecule has 1 saturated heterocycles. The van der Waals surface area contributed by atoms with Crippen molar-refractivity contribution in [1.29, 1.82) is 0 Å². The number of benzene rings is 1. The van der Waals surface area contributed by atoms with Gasteiger partial charge >= 0.3 is 6.08 Å². The summed E-state index contributed by atoms with van der Waals surface area (Å²) in [6.07, 6.45) is 0.909. The molecule has 23 heavy (non-hydrogen) atoms. The standard InChI is InChI=1S/C16H20FN3O3/c1-12-11-20(6-8-21-12)7-9-22-16-18-15(19-23-16)10-13-2-4-14(17)5-3-13/h2-5,12H,6-11H2,1H3/t12-/m0/s1. The smallest absolute Gasteiger partial charge is 0.417 e. The first-order valence-electron chi connectivity index (χ1n) is 7.73. The van der Waals surface area contributed by atoms with Crippen LogP contribution < -0.4 is 4.74 Å². The van der Waals surface area contributed by atoms with Crippen molar-refractivity contribution in [3.63, 3.8) is 0 Å². The van der Waals surface area contributed by atoms with Crippen LogP contribution in [0.1, 0.15) is 18.3 Å². The Hall–Kier alpha value is -1.99. The van der Waals surface area contributed by atoms with E-state index in [4.69, 9.17) is 14.0 Å². The Labute approximate surface area is 134 Å². The number of aromatic nitrogens is 2. The Balaban J connectivity index is 1.44. The molecular weight excluding hydrogens is 301 g/mol. The molecule has 1 aromatic heterocycles. The maximum Gasteiger partial charge on any atom is 0.417 e. The van der Waals surface area contributed by atoms with E-state index in [0.29, 0.717) is 18.9 Å². The molecule has 0 unspecified atom stereocenters. The zero-order chi connectivity index (χ0) is 16.1. The van der Waals surface area contributed by atoms with E-state index in [0.717, 1.165) is 31.8 Å². The van der Waals surface area contributed by atoms with Crippen molar-refractivity contribution in [2.24, 2.45) is 0 Å². The zero-order valence-corrected chi connectivity index (χ0v) is 13.1. The minimum atomic E-state index is -0.261. The zero-order valence-electron chi connectivity index (χ0n) is 13.1. The van der Waals surface area contributed by atoms with Crippen molar-refractivity contribution in [2.75, 3.05) is 32.8 Å². The average Bonchev–Trinajstić information content (AvgIpc) is 2.97. The predicted octanol–water partition coefficient (Wildman–Crippen LogP) is 1.90. The van der Waals surface area contributed by atoms with E-state index in [1.54, 1.807) is 12.1 Å². The Morgan fingerprint density at radius 3 is 2.96 bits per heavy atom. The molecular formula is C16H20FN3O3. The lowest BCUT2D eigenvalue weighted by Gasteiger charge is -2.30. The minimum absolute atomic E-state index is 0.170. The fraction of sp³-hybridized carbons (Fsp3) is 0.500. The van der Waals surface area contributed by atoms with E-state index in [1.165, 1.54) is 12.1 Å². The molecule has 1 atom stereocenters. The van der Waals surface area contributed by atoms with Crippen LogP contribution in [0.25, 0.3) is 0 Å². The van der Waals surface area contributed by atoms with Crippen molar-refractivity contribution >= 4 is 0 Å². The summed E-state index contributed by atoms with van der Waals surface area (Å²) < 4.78 is 28.9. The van der Waals surface area contributed by atoms with Gasteiger partial charge in [-0.05, 0) is 24.6 Å². The summed E-state index contributed by atoms with van der Waals surface area (Å²) in [7, 11) is 0. The number of ether oxygens (including phenoxy) is 2. The van der Waals surface area contributed by atoms with Crippen molar-refractivity contribution in [3.8, 4) is 6.08 Å². The van der Waals surface area contributed by atoms with Gasteiger partial charge in [-0.2, -0.15) is 4.98 Å². The lowest BCUT2D eigenvalue weighted by Crippen LogP contribution is -2.42. The Morgan fingerprint density at radius 2 is 2.17 bits per heavy atom. The first-order valence-corrected chi connectivity index (χ1v) is 7.73. The van der Waals surface area contributed by atoms with Crippen molar-refractivity contribution in [1.82, 2.24) is 15.0 Å². The summed E-state index contributed by atoms with van der Waals surface area (Å²) in [5, 5.41) is 3.87. The molecule has 0 amide bonds. The lowest BCUT2D eigenvalue weighted by atomic mass is 10.1. The third-order valence-electron chi connectivity index (χ3n) is 3.68. The molecule has 2 aromatic rings. The molecule has 0 N–H and O–H groups in total. The van der Waals surface area contributed by atoms with Crippen LogP contribution in [0.5, 0.6) is 6.08 Å². The van der Waals surface area contributed by atoms with E-state index in [2.05, 4.69) is 22.0 Å². The highest BCUT2D eigenvalue weighted by Crippen LogP contribution is 2.12. The van der Waals surface area contributed by atoms with E-state index in [9.17, 15) is 4.39 Å². The normalized spacial score (nSPS) is 19.0. The third-order valence-corrected chi connectivity index (χ3v) is 3.68. The largest absolute Gasteiger partial charge is 0.448 e. The highest BCUT2D eigenvalue weighted by molar-refractivity contribution is 5.19. The maximum absolute atomic E-state index is 12.9. The number of halogens is 1. The van der Waals surface area contributed by atoms with Crippen molar-refractivity contribution < 1.29 is 18.4 Å². The van der Waals surface area contributed by atoms with Crippen LogP contribution in [-0.2, 0) is 11.2 Å². The Bertz CT molecular complexity index is 617. The van der Waals surface area contributed by atoms with Gasteiger partial charge in [0.15, 0.2) is 5.82 Å². The second kappa shape index (κ2) is 7.52. The van der Waals surface area contributed by atoms with Gasteiger partial charge in [-0.3, -0.25) is 9.42 Å². The van der Waals surface area contributed by atoms with Crippen LogP contribution in [0.2, 0.25) is 0 Å². The molecule has 0 spiro atoms. The van der Waals surface area contributed by atoms with Gasteiger partial charge in [0, 0.05) is 26.1 Å². The van der Waals surface area contributed by atoms with Gasteiger partial charge in [-0.25, -0.2) is 4.39 Å². The van der Waals surface area contributed by atoms with Crippen LogP contribution in [0.3, 0.4) is 0 Å². The molecule has 2 heterocycles. The third kappa shape index (κ3) is 4.74. The number of hydrogen-bond donors (Lipinski definition) is 0. The molecule has 0 aliphatic carbocycles. The monoisotopic (exact) mass is 321 g/mol. The quantitative estimate of drug-likeness (QED) is 0.810. The summed E-state index contributed by atoms with van der Waals surface area (Å²) in [5.74, 6) is 0.259. The topological polar surface area (TPSA) is 60.6 Å². The Kier molecular flexibility index (Phi) is 5.19. The first kappa shape index (κ1) is 15.9. The van der Waals surface area contributed by atoms with Crippen LogP contribution in [0, 0.1) is 5.82 Å². The van der Waals surface area contributed by atoms with Gasteiger partial charge in [0.05, 0.1) is 12.7 Å². The number of nitrogens with zero attached hydrogens (tertiary/aromatic N) is 3. The second-order valence-corrected chi connectivity index (χ2v) is 5.61. The molecule has 6 nitrogen and oxygen atoms in total. The molecule has 124 valence electrons. The predicted molar refractivity (Wildman–Crippen MR) is 80.9 cm³/mol. The Morgan fingerprint density at radius 1 is 1.35 bits per heavy atom. The summed E-state index contributed by atoms with van der Waals surface area (Å²) in [6, 6.07) is 6.23. The molecule has 7 heteroatoms. The van der Waals surface area contributed by atoms with Gasteiger partial charge in [0.1, 0.15) is 12.4 Å². The van der Waals surface area contributed by atoms with E-state index in [-0.39, 0.29) is 18.0 Å². The van der Waals surface area contributed by atoms with Gasteiger partial charge in [-0.1, -0.05) is 17.3 Å². The maximum atomic E-state index is 12.9. The fourth-order valence-electron chi connectivity index (χ4n) is 2.51. The van der Waals surface area contributed by atoms with Crippen molar-refractivity contribution in [2.45, 2.75) is 19.4 Å². The van der Waals surface area contributed by atoms with Crippen LogP contribution in [0.15, 0.2) is 28.8 Å². The van der Waals surface area contributed by atoms with E-state index in [1.807, 2.05) is 0 Å². The lowest BCUT2D eigenvalue weighted by molar-refractivity contribution is -0.0224. The molecule has 1 aliphatic heterocycles. The molecule has 0 saturated carbocycles. The molecule has 1 aromatic carbocycles. The summed E-state index contributed by atoms with van der Waals surface area (Å²) in [4.78, 5) is 6.47. The molecule has 3 rings (SSSR count). The van der Waals surface area contributed by atoms with Gasteiger partial charge < -0.3 is 9.47 Å². The summed E-state index contributed by atoms with van der Waals surface area (Å²) >= 11 is 0. The fourth-order valence-corrected chi connectivity index (χ4v) is 2.51. The first-order chi connectivity index (χ1) is 11.2. The number of hydrogen-bond acceptors (Lipinski definition) is 6. The van der Waals surface area contributed by atoms with E-state index < -0.39 is 0 Å². The van der Waals surface area contributed by atoms with Gasteiger partial charge in [-0.15, -0.1) is 0 Å². The highest BCUT2D eigenvalue weighted by Gasteiger charge is 2.16. The van der Waals surface area contributed by atoms with Gasteiger partial charge in [0.2, 0.25) is 0 Å². The number of morpholine rings is 1. The second-order valence-electron chi connectivity index (χ2n) is 5.61. The van der Waals surface area contributed by atoms with Crippen LogP contribution in [-0.4, -0.2) is 54.0 Å². The minimum Gasteiger partial charge on any atom is -0.448 e. The van der Waals surface area contributed by atoms with Crippen LogP contribution >= 0.6 is 0 Å². The summed E-state index contributed by atoms with van der Waals surface area (Å²) in [5.41, 5.74) is 0.918. The molecule has 0 radical (unpaired) electrons. The van der Waals surface area contributed by atoms with Crippen LogP contribution in [0.4, 0.5) is 4.39 Å². The highest BCUT2D eigenvalue weighted by atomic mass is 19.1. The average molecular weight is 321 g/mol. The summed E-state index contributed by atoms with van der Waals surface area (Å²) in [6.45, 7) is 5.92. The molecule has 1 aliphatic rings. The van der Waals surface area contributed by atoms with E-state index >= 15 is 0 Å². The molecule has 1 fully saturated rings.